The smallest absolute Gasteiger partial charge is 0.308 e. The Balaban J connectivity index is 0.00000433. The van der Waals surface area contributed by atoms with Crippen molar-refractivity contribution in [1.82, 2.24) is 4.90 Å². The van der Waals surface area contributed by atoms with Gasteiger partial charge in [0, 0.05) is 17.9 Å². The Kier molecular flexibility index (Phi) is 11.7. The van der Waals surface area contributed by atoms with E-state index in [2.05, 4.69) is 31.4 Å². The predicted octanol–water partition coefficient (Wildman–Crippen LogP) is 4.80. The Bertz CT molecular complexity index is 1120. The van der Waals surface area contributed by atoms with Crippen LogP contribution in [0.3, 0.4) is 0 Å². The molecule has 7 heteroatoms. The number of esters is 2. The second kappa shape index (κ2) is 14.7. The maximum Gasteiger partial charge on any atom is 0.308 e. The van der Waals surface area contributed by atoms with Crippen LogP contribution in [0.15, 0.2) is 12.7 Å². The SMILES string of the molecule is C=CC[N+]1([C@H]2CC3C4CC[C@H]5C[C@H](OC(=O)C(C)C)[C@@H](N6CCCCC6)C[C@]5(C)C4CC[C@]3(C)[C@H]2OC(=O)C(C)C)CCCCC1.[Br-]. The van der Waals surface area contributed by atoms with E-state index in [-0.39, 0.29) is 63.8 Å². The number of carbonyl (C=O) groups excluding carboxylic acids is 2. The third kappa shape index (κ3) is 6.78. The van der Waals surface area contributed by atoms with Gasteiger partial charge < -0.3 is 30.9 Å². The van der Waals surface area contributed by atoms with Gasteiger partial charge in [0.1, 0.15) is 12.1 Å². The molecule has 6 aliphatic rings. The van der Waals surface area contributed by atoms with Crippen LogP contribution in [0.2, 0.25) is 0 Å². The highest BCUT2D eigenvalue weighted by Gasteiger charge is 2.67. The molecule has 4 aliphatic carbocycles. The van der Waals surface area contributed by atoms with Gasteiger partial charge in [-0.1, -0.05) is 54.5 Å². The van der Waals surface area contributed by atoms with Crippen LogP contribution in [0, 0.1) is 46.3 Å². The van der Waals surface area contributed by atoms with Crippen molar-refractivity contribution in [2.45, 2.75) is 149 Å². The van der Waals surface area contributed by atoms with Crippen molar-refractivity contribution in [3.8, 4) is 0 Å². The molecule has 6 fully saturated rings. The summed E-state index contributed by atoms with van der Waals surface area (Å²) in [5, 5.41) is 0. The average molecular weight is 720 g/mol. The van der Waals surface area contributed by atoms with Gasteiger partial charge in [-0.25, -0.2) is 0 Å². The third-order valence-corrected chi connectivity index (χ3v) is 14.8. The number of ether oxygens (including phenoxy) is 2. The zero-order chi connectivity index (χ0) is 32.9. The van der Waals surface area contributed by atoms with Crippen LogP contribution < -0.4 is 17.0 Å². The molecule has 2 aliphatic heterocycles. The lowest BCUT2D eigenvalue weighted by Gasteiger charge is -2.62. The summed E-state index contributed by atoms with van der Waals surface area (Å²) in [5.74, 6) is 2.34. The number of hydrogen-bond acceptors (Lipinski definition) is 5. The highest BCUT2D eigenvalue weighted by Crippen LogP contribution is 2.68. The molecule has 47 heavy (non-hydrogen) atoms. The zero-order valence-corrected chi connectivity index (χ0v) is 32.3. The van der Waals surface area contributed by atoms with E-state index in [4.69, 9.17) is 9.47 Å². The molecule has 2 heterocycles. The number of likely N-dealkylation sites (tertiary alicyclic amines) is 2. The maximum absolute atomic E-state index is 13.4. The van der Waals surface area contributed by atoms with E-state index in [1.165, 1.54) is 77.3 Å². The molecule has 10 atom stereocenters. The van der Waals surface area contributed by atoms with Crippen LogP contribution in [-0.2, 0) is 19.1 Å². The molecule has 268 valence electrons. The number of nitrogens with zero attached hydrogens (tertiary/aromatic N) is 2. The molecule has 0 radical (unpaired) electrons. The van der Waals surface area contributed by atoms with Crippen LogP contribution in [0.4, 0.5) is 0 Å². The van der Waals surface area contributed by atoms with Crippen LogP contribution in [0.25, 0.3) is 0 Å². The van der Waals surface area contributed by atoms with Crippen molar-refractivity contribution in [2.24, 2.45) is 46.3 Å². The van der Waals surface area contributed by atoms with Crippen molar-refractivity contribution >= 4 is 11.9 Å². The summed E-state index contributed by atoms with van der Waals surface area (Å²) in [6.07, 6.45) is 18.1. The fraction of sp³-hybridized carbons (Fsp3) is 0.900. The zero-order valence-electron chi connectivity index (χ0n) is 30.7. The Morgan fingerprint density at radius 1 is 0.851 bits per heavy atom. The van der Waals surface area contributed by atoms with Crippen molar-refractivity contribution < 1.29 is 40.5 Å². The number of halogens is 1. The minimum atomic E-state index is -0.102. The normalized spacial score (nSPS) is 41.6. The fourth-order valence-corrected chi connectivity index (χ4v) is 12.3. The summed E-state index contributed by atoms with van der Waals surface area (Å²) in [6, 6.07) is 0.703. The number of carbonyl (C=O) groups is 2. The molecule has 4 saturated carbocycles. The Morgan fingerprint density at radius 3 is 2.13 bits per heavy atom. The quantitative estimate of drug-likeness (QED) is 0.205. The lowest BCUT2D eigenvalue weighted by molar-refractivity contribution is -0.952. The second-order valence-electron chi connectivity index (χ2n) is 17.9. The van der Waals surface area contributed by atoms with E-state index in [1.807, 2.05) is 27.7 Å². The van der Waals surface area contributed by atoms with Gasteiger partial charge in [-0.15, -0.1) is 0 Å². The molecule has 2 saturated heterocycles. The molecule has 0 aromatic rings. The largest absolute Gasteiger partial charge is 1.00 e. The standard InChI is InChI=1S/C40H67N2O4.BrH/c1-8-21-42(22-13-10-14-23-42)34-25-32-30-16-15-29-24-35(45-37(43)27(2)3)33(41-19-11-9-12-20-41)26-40(29,7)31(30)17-18-39(32,6)36(34)46-38(44)28(4)5;/h8,27-36H,1,9-26H2,2-7H3;1H/q+1;/p-1/t29-,30?,31?,32?,33-,34-,35-,36-,39-,40-;/m0./s1. The van der Waals surface area contributed by atoms with Crippen molar-refractivity contribution in [3.63, 3.8) is 0 Å². The summed E-state index contributed by atoms with van der Waals surface area (Å²) in [4.78, 5) is 29.1. The van der Waals surface area contributed by atoms with Gasteiger partial charge >= 0.3 is 11.9 Å². The first-order chi connectivity index (χ1) is 21.9. The van der Waals surface area contributed by atoms with E-state index in [1.54, 1.807) is 0 Å². The van der Waals surface area contributed by atoms with E-state index >= 15 is 0 Å². The minimum Gasteiger partial charge on any atom is -1.00 e. The molecule has 0 spiro atoms. The first kappa shape index (κ1) is 37.3. The molecule has 3 unspecified atom stereocenters. The predicted molar refractivity (Wildman–Crippen MR) is 184 cm³/mol. The molecule has 0 amide bonds. The van der Waals surface area contributed by atoms with Crippen molar-refractivity contribution in [3.05, 3.63) is 12.7 Å². The van der Waals surface area contributed by atoms with Crippen molar-refractivity contribution in [2.75, 3.05) is 32.7 Å². The summed E-state index contributed by atoms with van der Waals surface area (Å²) in [6.45, 7) is 23.0. The molecular weight excluding hydrogens is 652 g/mol. The van der Waals surface area contributed by atoms with Crippen molar-refractivity contribution in [1.29, 1.82) is 0 Å². The van der Waals surface area contributed by atoms with E-state index in [9.17, 15) is 9.59 Å². The summed E-state index contributed by atoms with van der Waals surface area (Å²) < 4.78 is 14.2. The molecule has 6 rings (SSSR count). The average Bonchev–Trinajstić information content (AvgIpc) is 3.34. The number of fused-ring (bicyclic) bond motifs is 5. The number of quaternary nitrogens is 1. The van der Waals surface area contributed by atoms with Crippen LogP contribution in [0.5, 0.6) is 0 Å². The lowest BCUT2D eigenvalue weighted by Crippen LogP contribution is -3.00. The minimum absolute atomic E-state index is 0. The molecule has 0 aromatic carbocycles. The van der Waals surface area contributed by atoms with Crippen LogP contribution in [0.1, 0.15) is 125 Å². The summed E-state index contributed by atoms with van der Waals surface area (Å²) in [5.41, 5.74) is 0.285. The van der Waals surface area contributed by atoms with Gasteiger partial charge in [-0.3, -0.25) is 14.5 Å². The highest BCUT2D eigenvalue weighted by molar-refractivity contribution is 5.72. The van der Waals surface area contributed by atoms with E-state index < -0.39 is 0 Å². The van der Waals surface area contributed by atoms with Crippen LogP contribution >= 0.6 is 0 Å². The third-order valence-electron chi connectivity index (χ3n) is 14.8. The Morgan fingerprint density at radius 2 is 1.49 bits per heavy atom. The van der Waals surface area contributed by atoms with Gasteiger partial charge in [-0.05, 0) is 119 Å². The topological polar surface area (TPSA) is 55.8 Å². The first-order valence-corrected chi connectivity index (χ1v) is 19.5. The molecule has 0 bridgehead atoms. The van der Waals surface area contributed by atoms with E-state index in [0.29, 0.717) is 35.8 Å². The molecule has 6 nitrogen and oxygen atoms in total. The first-order valence-electron chi connectivity index (χ1n) is 19.5. The van der Waals surface area contributed by atoms with Gasteiger partial charge in [0.05, 0.1) is 31.5 Å². The van der Waals surface area contributed by atoms with Crippen LogP contribution in [-0.4, -0.2) is 78.3 Å². The fourth-order valence-electron chi connectivity index (χ4n) is 12.3. The van der Waals surface area contributed by atoms with E-state index in [0.717, 1.165) is 43.4 Å². The van der Waals surface area contributed by atoms with Gasteiger partial charge in [0.15, 0.2) is 6.10 Å². The molecule has 0 aromatic heterocycles. The molecular formula is C40H67BrN2O4. The summed E-state index contributed by atoms with van der Waals surface area (Å²) in [7, 11) is 0. The highest BCUT2D eigenvalue weighted by atomic mass is 79.9. The maximum atomic E-state index is 13.4. The molecule has 0 N–H and O–H groups in total. The lowest BCUT2D eigenvalue weighted by atomic mass is 9.44. The Hall–Kier alpha value is -0.920. The van der Waals surface area contributed by atoms with Gasteiger partial charge in [0.2, 0.25) is 0 Å². The van der Waals surface area contributed by atoms with Gasteiger partial charge in [-0.2, -0.15) is 0 Å². The second-order valence-corrected chi connectivity index (χ2v) is 17.9. The monoisotopic (exact) mass is 718 g/mol. The Labute approximate surface area is 297 Å². The van der Waals surface area contributed by atoms with Gasteiger partial charge in [0.25, 0.3) is 0 Å². The summed E-state index contributed by atoms with van der Waals surface area (Å²) >= 11 is 0. The number of piperidine rings is 2. The number of rotatable bonds is 8. The number of hydrogen-bond donors (Lipinski definition) is 0.